The Morgan fingerprint density at radius 1 is 1.35 bits per heavy atom. The first-order valence-electron chi connectivity index (χ1n) is 5.95. The smallest absolute Gasteiger partial charge is 0.0984 e. The molecule has 1 aromatic rings. The fourth-order valence-electron chi connectivity index (χ4n) is 1.79. The number of hydrogen-bond donors (Lipinski definition) is 1. The molecule has 1 atom stereocenters. The Hall–Kier alpha value is -0.930. The van der Waals surface area contributed by atoms with Crippen LogP contribution < -0.4 is 5.14 Å². The van der Waals surface area contributed by atoms with Crippen molar-refractivity contribution in [3.05, 3.63) is 41.5 Å². The molecule has 0 heterocycles. The normalized spacial score (nSPS) is 18.5. The molecule has 1 fully saturated rings. The topological polar surface area (TPSA) is 43.1 Å². The molecule has 1 aliphatic carbocycles. The second-order valence-electron chi connectivity index (χ2n) is 5.14. The van der Waals surface area contributed by atoms with Gasteiger partial charge in [0.15, 0.2) is 0 Å². The summed E-state index contributed by atoms with van der Waals surface area (Å²) in [5, 5.41) is 5.47. The molecule has 1 aromatic carbocycles. The first kappa shape index (κ1) is 12.5. The number of nitrogens with two attached hydrogens (primary N) is 1. The van der Waals surface area contributed by atoms with E-state index >= 15 is 0 Å². The second kappa shape index (κ2) is 4.75. The molecule has 0 bridgehead atoms. The van der Waals surface area contributed by atoms with Crippen LogP contribution in [-0.4, -0.2) is 8.96 Å². The van der Waals surface area contributed by atoms with E-state index in [4.69, 9.17) is 5.14 Å². The van der Waals surface area contributed by atoms with Crippen molar-refractivity contribution in [2.75, 3.05) is 0 Å². The van der Waals surface area contributed by atoms with Gasteiger partial charge in [0.05, 0.1) is 15.7 Å². The Labute approximate surface area is 106 Å². The largest absolute Gasteiger partial charge is 0.251 e. The van der Waals surface area contributed by atoms with E-state index in [1.54, 1.807) is 0 Å². The van der Waals surface area contributed by atoms with Gasteiger partial charge >= 0.3 is 0 Å². The Kier molecular flexibility index (Phi) is 3.50. The van der Waals surface area contributed by atoms with Crippen LogP contribution in [0.4, 0.5) is 0 Å². The molecular formula is C14H19NOS. The summed E-state index contributed by atoms with van der Waals surface area (Å²) in [6.07, 6.45) is 6.58. The molecule has 0 amide bonds. The van der Waals surface area contributed by atoms with Gasteiger partial charge in [0, 0.05) is 0 Å². The number of benzene rings is 1. The first-order chi connectivity index (χ1) is 8.00. The van der Waals surface area contributed by atoms with Gasteiger partial charge in [0.1, 0.15) is 0 Å². The lowest BCUT2D eigenvalue weighted by Gasteiger charge is -2.16. The minimum atomic E-state index is -1.34. The zero-order valence-electron chi connectivity index (χ0n) is 10.3. The van der Waals surface area contributed by atoms with Crippen molar-refractivity contribution >= 4 is 17.1 Å². The van der Waals surface area contributed by atoms with Gasteiger partial charge in [-0.05, 0) is 43.7 Å². The lowest BCUT2D eigenvalue weighted by molar-refractivity contribution is 0.665. The zero-order valence-corrected chi connectivity index (χ0v) is 11.2. The number of rotatable bonds is 4. The lowest BCUT2D eigenvalue weighted by Crippen LogP contribution is -2.29. The van der Waals surface area contributed by atoms with Crippen LogP contribution in [0.3, 0.4) is 0 Å². The number of hydrogen-bond acceptors (Lipinski definition) is 1. The van der Waals surface area contributed by atoms with Gasteiger partial charge in [-0.25, -0.2) is 4.21 Å². The molecule has 0 aliphatic heterocycles. The van der Waals surface area contributed by atoms with Crippen LogP contribution >= 0.6 is 0 Å². The van der Waals surface area contributed by atoms with Gasteiger partial charge < -0.3 is 0 Å². The Morgan fingerprint density at radius 2 is 2.00 bits per heavy atom. The van der Waals surface area contributed by atoms with Crippen molar-refractivity contribution in [2.24, 2.45) is 5.14 Å². The molecule has 3 heteroatoms. The van der Waals surface area contributed by atoms with E-state index in [9.17, 15) is 4.21 Å². The second-order valence-corrected chi connectivity index (χ2v) is 6.78. The molecule has 2 N–H and O–H groups in total. The maximum Gasteiger partial charge on any atom is 0.0984 e. The summed E-state index contributed by atoms with van der Waals surface area (Å²) in [7, 11) is -1.34. The summed E-state index contributed by atoms with van der Waals surface area (Å²) in [6, 6.07) is 8.42. The van der Waals surface area contributed by atoms with Gasteiger partial charge in [-0.2, -0.15) is 0 Å². The molecule has 0 radical (unpaired) electrons. The van der Waals surface area contributed by atoms with Crippen molar-refractivity contribution in [1.29, 1.82) is 0 Å². The highest BCUT2D eigenvalue weighted by Gasteiger charge is 2.25. The van der Waals surface area contributed by atoms with Crippen molar-refractivity contribution in [1.82, 2.24) is 0 Å². The van der Waals surface area contributed by atoms with E-state index in [2.05, 4.69) is 24.3 Å². The summed E-state index contributed by atoms with van der Waals surface area (Å²) < 4.78 is 10.9. The van der Waals surface area contributed by atoms with Crippen LogP contribution in [-0.2, 0) is 11.0 Å². The average molecular weight is 249 g/mol. The maximum absolute atomic E-state index is 11.4. The first-order valence-corrected chi connectivity index (χ1v) is 7.16. The highest BCUT2D eigenvalue weighted by molar-refractivity contribution is 7.84. The van der Waals surface area contributed by atoms with E-state index in [1.807, 2.05) is 26.0 Å². The SMILES string of the molecule is CC(C)(/C=C\c1ccccc1C1CC1)S(N)=O. The third-order valence-electron chi connectivity index (χ3n) is 3.20. The molecule has 0 saturated heterocycles. The Balaban J connectivity index is 2.24. The maximum atomic E-state index is 11.4. The van der Waals surface area contributed by atoms with E-state index < -0.39 is 15.7 Å². The van der Waals surface area contributed by atoms with Gasteiger partial charge in [0.25, 0.3) is 0 Å². The summed E-state index contributed by atoms with van der Waals surface area (Å²) >= 11 is 0. The van der Waals surface area contributed by atoms with E-state index in [0.717, 1.165) is 5.92 Å². The molecular weight excluding hydrogens is 230 g/mol. The predicted octanol–water partition coefficient (Wildman–Crippen LogP) is 2.98. The minimum Gasteiger partial charge on any atom is -0.251 e. The molecule has 1 aliphatic rings. The van der Waals surface area contributed by atoms with E-state index in [1.165, 1.54) is 24.0 Å². The highest BCUT2D eigenvalue weighted by atomic mass is 32.2. The summed E-state index contributed by atoms with van der Waals surface area (Å²) in [5.74, 6) is 0.724. The third kappa shape index (κ3) is 3.05. The van der Waals surface area contributed by atoms with Crippen LogP contribution in [0.1, 0.15) is 43.7 Å². The van der Waals surface area contributed by atoms with Crippen molar-refractivity contribution in [3.63, 3.8) is 0 Å². The Bertz CT molecular complexity index is 461. The molecule has 92 valence electrons. The van der Waals surface area contributed by atoms with Gasteiger partial charge in [-0.15, -0.1) is 0 Å². The molecule has 1 saturated carbocycles. The summed E-state index contributed by atoms with van der Waals surface area (Å²) in [6.45, 7) is 3.78. The third-order valence-corrected chi connectivity index (χ3v) is 4.37. The molecule has 0 aromatic heterocycles. The van der Waals surface area contributed by atoms with Crippen LogP contribution in [0.2, 0.25) is 0 Å². The van der Waals surface area contributed by atoms with Gasteiger partial charge in [-0.3, -0.25) is 5.14 Å². The summed E-state index contributed by atoms with van der Waals surface area (Å²) in [4.78, 5) is 0. The lowest BCUT2D eigenvalue weighted by atomic mass is 10.0. The monoisotopic (exact) mass is 249 g/mol. The van der Waals surface area contributed by atoms with Crippen molar-refractivity contribution < 1.29 is 4.21 Å². The van der Waals surface area contributed by atoms with Crippen LogP contribution in [0.5, 0.6) is 0 Å². The quantitative estimate of drug-likeness (QED) is 0.876. The van der Waals surface area contributed by atoms with Crippen molar-refractivity contribution in [2.45, 2.75) is 37.4 Å². The predicted molar refractivity (Wildman–Crippen MR) is 73.9 cm³/mol. The zero-order chi connectivity index (χ0) is 12.5. The minimum absolute atomic E-state index is 0.476. The summed E-state index contributed by atoms with van der Waals surface area (Å²) in [5.41, 5.74) is 2.64. The van der Waals surface area contributed by atoms with Crippen LogP contribution in [0.25, 0.3) is 6.08 Å². The van der Waals surface area contributed by atoms with Gasteiger partial charge in [0.2, 0.25) is 0 Å². The average Bonchev–Trinajstić information content (AvgIpc) is 3.10. The fourth-order valence-corrected chi connectivity index (χ4v) is 1.99. The molecule has 0 spiro atoms. The Morgan fingerprint density at radius 3 is 2.59 bits per heavy atom. The van der Waals surface area contributed by atoms with Crippen molar-refractivity contribution in [3.8, 4) is 0 Å². The van der Waals surface area contributed by atoms with Crippen LogP contribution in [0, 0.1) is 0 Å². The van der Waals surface area contributed by atoms with Gasteiger partial charge in [-0.1, -0.05) is 36.4 Å². The standard InChI is InChI=1S/C14H19NOS/c1-14(2,17(15)16)10-9-11-5-3-4-6-13(11)12-7-8-12/h3-6,9-10,12H,7-8,15H2,1-2H3/b10-9-. The fraction of sp³-hybridized carbons (Fsp3) is 0.429. The molecule has 1 unspecified atom stereocenters. The molecule has 2 rings (SSSR count). The van der Waals surface area contributed by atoms with E-state index in [0.29, 0.717) is 0 Å². The molecule has 17 heavy (non-hydrogen) atoms. The van der Waals surface area contributed by atoms with Crippen LogP contribution in [0.15, 0.2) is 30.3 Å². The highest BCUT2D eigenvalue weighted by Crippen LogP contribution is 2.41. The van der Waals surface area contributed by atoms with E-state index in [-0.39, 0.29) is 0 Å². The molecule has 2 nitrogen and oxygen atoms in total.